The maximum absolute atomic E-state index is 8.59. The molecule has 0 bridgehead atoms. The summed E-state index contributed by atoms with van der Waals surface area (Å²) in [6.45, 7) is 0. The summed E-state index contributed by atoms with van der Waals surface area (Å²) in [5.74, 6) is 0. The summed E-state index contributed by atoms with van der Waals surface area (Å²) in [5, 5.41) is 0. The molecule has 0 unspecified atom stereocenters. The number of hydrogen-bond acceptors (Lipinski definition) is 3. The van der Waals surface area contributed by atoms with Crippen molar-refractivity contribution in [1.82, 2.24) is 0 Å². The van der Waals surface area contributed by atoms with Gasteiger partial charge in [-0.05, 0) is 0 Å². The zero-order chi connectivity index (χ0) is 3.58. The van der Waals surface area contributed by atoms with Crippen LogP contribution in [0.1, 0.15) is 0 Å². The first-order valence-electron chi connectivity index (χ1n) is 0.565. The molecule has 5 heavy (non-hydrogen) atoms. The molecule has 0 amide bonds. The van der Waals surface area contributed by atoms with Gasteiger partial charge in [0.1, 0.15) is 0 Å². The van der Waals surface area contributed by atoms with Gasteiger partial charge in [0.15, 0.2) is 0 Å². The van der Waals surface area contributed by atoms with Crippen molar-refractivity contribution in [2.45, 2.75) is 0 Å². The van der Waals surface area contributed by atoms with E-state index in [1.807, 2.05) is 0 Å². The molecular weight excluding hydrogens is 135 g/mol. The topological polar surface area (TPSA) is 66.3 Å². The Hall–Kier alpha value is 0.829. The Morgan fingerprint density at radius 1 is 1.40 bits per heavy atom. The Morgan fingerprint density at radius 2 is 1.40 bits per heavy atom. The van der Waals surface area contributed by atoms with Crippen LogP contribution in [0.2, 0.25) is 0 Å². The van der Waals surface area contributed by atoms with Crippen molar-refractivity contribution < 1.29 is 31.7 Å². The van der Waals surface area contributed by atoms with E-state index >= 15 is 0 Å². The molecule has 0 aliphatic heterocycles. The number of hydrogen-bond donors (Lipinski definition) is 1. The monoisotopic (exact) mass is 136 g/mol. The minimum Gasteiger partial charge on any atom is -0.820 e. The van der Waals surface area contributed by atoms with Crippen molar-refractivity contribution in [3.05, 3.63) is 0 Å². The van der Waals surface area contributed by atoms with Gasteiger partial charge in [-0.2, -0.15) is 8.60 Å². The first-order chi connectivity index (χ1) is 1.73. The normalized spacial score (nSPS) is 7.20. The third-order valence-corrected chi connectivity index (χ3v) is 0. The summed E-state index contributed by atoms with van der Waals surface area (Å²) < 4.78 is 0. The molecule has 0 fully saturated rings. The van der Waals surface area contributed by atoms with Gasteiger partial charge in [0.2, 0.25) is 0 Å². The molecule has 0 radical (unpaired) electrons. The average molecular weight is 136 g/mol. The fourth-order valence-electron chi connectivity index (χ4n) is 0. The van der Waals surface area contributed by atoms with Crippen molar-refractivity contribution in [1.29, 1.82) is 0 Å². The van der Waals surface area contributed by atoms with Crippen LogP contribution in [0.15, 0.2) is 0 Å². The summed E-state index contributed by atoms with van der Waals surface area (Å²) in [6, 6.07) is 0. The van der Waals surface area contributed by atoms with Crippen molar-refractivity contribution >= 4 is 8.60 Å². The van der Waals surface area contributed by atoms with Crippen molar-refractivity contribution in [2.24, 2.45) is 0 Å². The predicted octanol–water partition coefficient (Wildman–Crippen LogP) is -2.08. The second-order valence-corrected chi connectivity index (χ2v) is 0.714. The molecular formula is HFeO3P. The van der Waals surface area contributed by atoms with Crippen LogP contribution in [0.3, 0.4) is 0 Å². The van der Waals surface area contributed by atoms with Gasteiger partial charge >= 0.3 is 17.1 Å². The van der Waals surface area contributed by atoms with E-state index in [1.165, 1.54) is 0 Å². The van der Waals surface area contributed by atoms with Crippen molar-refractivity contribution in [3.8, 4) is 0 Å². The molecule has 0 rings (SSSR count). The summed E-state index contributed by atoms with van der Waals surface area (Å²) >= 11 is 0. The van der Waals surface area contributed by atoms with Crippen LogP contribution in [0.4, 0.5) is 0 Å². The van der Waals surface area contributed by atoms with Crippen LogP contribution in [0, 0.1) is 0 Å². The number of rotatable bonds is 0. The summed E-state index contributed by atoms with van der Waals surface area (Å²) in [6.07, 6.45) is 0. The van der Waals surface area contributed by atoms with E-state index in [9.17, 15) is 0 Å². The Balaban J connectivity index is 0. The Bertz CT molecular complexity index is 11.6. The summed E-state index contributed by atoms with van der Waals surface area (Å²) in [4.78, 5) is 24.2. The molecule has 1 N–H and O–H groups in total. The molecule has 0 aliphatic rings. The maximum Gasteiger partial charge on any atom is 2.00 e. The van der Waals surface area contributed by atoms with Crippen LogP contribution >= 0.6 is 8.60 Å². The van der Waals surface area contributed by atoms with E-state index in [4.69, 9.17) is 14.7 Å². The smallest absolute Gasteiger partial charge is 0.820 e. The van der Waals surface area contributed by atoms with E-state index in [-0.39, 0.29) is 17.1 Å². The quantitative estimate of drug-likeness (QED) is 0.307. The van der Waals surface area contributed by atoms with Gasteiger partial charge in [0.05, 0.1) is 0 Å². The molecule has 0 aromatic carbocycles. The molecule has 3 nitrogen and oxygen atoms in total. The summed E-state index contributed by atoms with van der Waals surface area (Å²) in [7, 11) is -3.12. The first-order valence-corrected chi connectivity index (χ1v) is 1.70. The predicted molar refractivity (Wildman–Crippen MR) is 9.14 cm³/mol. The third-order valence-electron chi connectivity index (χ3n) is 0. The molecule has 0 saturated heterocycles. The van der Waals surface area contributed by atoms with E-state index in [0.717, 1.165) is 0 Å². The zero-order valence-corrected chi connectivity index (χ0v) is 4.06. The van der Waals surface area contributed by atoms with Crippen LogP contribution in [0.25, 0.3) is 0 Å². The third kappa shape index (κ3) is 56.2. The second kappa shape index (κ2) is 4.83. The van der Waals surface area contributed by atoms with E-state index < -0.39 is 8.60 Å². The SMILES string of the molecule is [Fe+2].[O-]P([O-])O. The molecule has 0 aliphatic carbocycles. The minimum atomic E-state index is -3.12. The van der Waals surface area contributed by atoms with Crippen molar-refractivity contribution in [2.75, 3.05) is 0 Å². The molecule has 0 aromatic rings. The standard InChI is InChI=1S/Fe.HO3P/c;1-4(2)3/h;1H/q+2;-2. The van der Waals surface area contributed by atoms with Crippen LogP contribution < -0.4 is 9.79 Å². The zero-order valence-electron chi connectivity index (χ0n) is 2.06. The largest absolute Gasteiger partial charge is 2.00 e. The van der Waals surface area contributed by atoms with Gasteiger partial charge in [-0.3, -0.25) is 0 Å². The second-order valence-electron chi connectivity index (χ2n) is 0.238. The Kier molecular flexibility index (Phi) is 8.96. The molecule has 0 spiro atoms. The molecule has 0 heterocycles. The Morgan fingerprint density at radius 3 is 1.40 bits per heavy atom. The van der Waals surface area contributed by atoms with E-state index in [2.05, 4.69) is 0 Å². The van der Waals surface area contributed by atoms with Gasteiger partial charge < -0.3 is 14.7 Å². The van der Waals surface area contributed by atoms with Crippen LogP contribution in [0.5, 0.6) is 0 Å². The first kappa shape index (κ1) is 9.27. The van der Waals surface area contributed by atoms with Gasteiger partial charge in [0.25, 0.3) is 0 Å². The van der Waals surface area contributed by atoms with Crippen LogP contribution in [-0.2, 0) is 17.1 Å². The molecule has 0 aromatic heterocycles. The van der Waals surface area contributed by atoms with Gasteiger partial charge in [-0.25, -0.2) is 0 Å². The molecule has 32 valence electrons. The van der Waals surface area contributed by atoms with Gasteiger partial charge in [-0.1, -0.05) is 0 Å². The van der Waals surface area contributed by atoms with Gasteiger partial charge in [-0.15, -0.1) is 0 Å². The van der Waals surface area contributed by atoms with Gasteiger partial charge in [0, 0.05) is 0 Å². The minimum absolute atomic E-state index is 0. The fraction of sp³-hybridized carbons (Fsp3) is 0. The van der Waals surface area contributed by atoms with E-state index in [1.54, 1.807) is 0 Å². The van der Waals surface area contributed by atoms with Crippen molar-refractivity contribution in [3.63, 3.8) is 0 Å². The fourth-order valence-corrected chi connectivity index (χ4v) is 0. The molecule has 0 saturated carbocycles. The van der Waals surface area contributed by atoms with Crippen LogP contribution in [-0.4, -0.2) is 4.89 Å². The maximum atomic E-state index is 8.59. The molecule has 0 atom stereocenters. The molecule has 5 heteroatoms. The Labute approximate surface area is 41.1 Å². The van der Waals surface area contributed by atoms with E-state index in [0.29, 0.717) is 0 Å². The summed E-state index contributed by atoms with van der Waals surface area (Å²) in [5.41, 5.74) is 0. The average Bonchev–Trinajstić information content (AvgIpc) is 0.811.